The lowest BCUT2D eigenvalue weighted by atomic mass is 10.1. The Morgan fingerprint density at radius 1 is 1.09 bits per heavy atom. The zero-order valence-electron chi connectivity index (χ0n) is 13.3. The lowest BCUT2D eigenvalue weighted by Crippen LogP contribution is -2.27. The van der Waals surface area contributed by atoms with E-state index in [-0.39, 0.29) is 5.91 Å². The van der Waals surface area contributed by atoms with Crippen molar-refractivity contribution in [3.8, 4) is 5.69 Å². The number of hydrogen-bond donors (Lipinski definition) is 0. The van der Waals surface area contributed by atoms with Gasteiger partial charge in [-0.1, -0.05) is 36.4 Å². The molecule has 0 bridgehead atoms. The number of amides is 1. The topological polar surface area (TPSA) is 38.1 Å². The van der Waals surface area contributed by atoms with Crippen molar-refractivity contribution in [1.82, 2.24) is 14.7 Å². The van der Waals surface area contributed by atoms with Gasteiger partial charge in [-0.3, -0.25) is 4.79 Å². The van der Waals surface area contributed by atoms with Gasteiger partial charge < -0.3 is 4.90 Å². The van der Waals surface area contributed by atoms with Gasteiger partial charge in [0.2, 0.25) is 0 Å². The van der Waals surface area contributed by atoms with E-state index in [0.29, 0.717) is 12.1 Å². The third kappa shape index (κ3) is 3.16. The van der Waals surface area contributed by atoms with Crippen molar-refractivity contribution >= 4 is 5.91 Å². The summed E-state index contributed by atoms with van der Waals surface area (Å²) in [6.07, 6.45) is 3.55. The summed E-state index contributed by atoms with van der Waals surface area (Å²) in [4.78, 5) is 14.6. The molecule has 0 N–H and O–H groups in total. The molecule has 0 aliphatic heterocycles. The first-order chi connectivity index (χ1) is 11.2. The Balaban J connectivity index is 1.88. The molecule has 1 heterocycles. The molecule has 0 aliphatic carbocycles. The Kier molecular flexibility index (Phi) is 4.24. The normalized spacial score (nSPS) is 10.5. The van der Waals surface area contributed by atoms with Crippen LogP contribution in [0.3, 0.4) is 0 Å². The van der Waals surface area contributed by atoms with Crippen LogP contribution in [-0.4, -0.2) is 27.6 Å². The molecular formula is C19H19N3O. The van der Waals surface area contributed by atoms with Crippen LogP contribution in [-0.2, 0) is 6.54 Å². The van der Waals surface area contributed by atoms with Gasteiger partial charge in [0.05, 0.1) is 11.3 Å². The van der Waals surface area contributed by atoms with Gasteiger partial charge in [-0.2, -0.15) is 5.10 Å². The number of carbonyl (C=O) groups excluding carboxylic acids is 1. The van der Waals surface area contributed by atoms with E-state index < -0.39 is 0 Å². The molecule has 0 radical (unpaired) electrons. The SMILES string of the molecule is Cc1ccccc1CN(C)C(=O)c1ccccc1-n1cccn1. The number of aryl methyl sites for hydroxylation is 1. The average molecular weight is 305 g/mol. The molecule has 1 amide bonds. The van der Waals surface area contributed by atoms with Crippen molar-refractivity contribution in [2.24, 2.45) is 0 Å². The van der Waals surface area contributed by atoms with Crippen molar-refractivity contribution < 1.29 is 4.79 Å². The predicted octanol–water partition coefficient (Wildman–Crippen LogP) is 3.45. The van der Waals surface area contributed by atoms with Crippen LogP contribution in [0.25, 0.3) is 5.69 Å². The fourth-order valence-electron chi connectivity index (χ4n) is 2.59. The number of rotatable bonds is 4. The van der Waals surface area contributed by atoms with Gasteiger partial charge in [-0.15, -0.1) is 0 Å². The average Bonchev–Trinajstić information content (AvgIpc) is 3.10. The first-order valence-corrected chi connectivity index (χ1v) is 7.56. The van der Waals surface area contributed by atoms with E-state index in [1.165, 1.54) is 5.56 Å². The van der Waals surface area contributed by atoms with E-state index in [1.807, 2.05) is 55.7 Å². The van der Waals surface area contributed by atoms with E-state index in [4.69, 9.17) is 0 Å². The van der Waals surface area contributed by atoms with Gasteiger partial charge >= 0.3 is 0 Å². The second-order valence-electron chi connectivity index (χ2n) is 5.56. The molecule has 0 unspecified atom stereocenters. The van der Waals surface area contributed by atoms with Gasteiger partial charge in [0.15, 0.2) is 0 Å². The lowest BCUT2D eigenvalue weighted by molar-refractivity contribution is 0.0785. The van der Waals surface area contributed by atoms with Crippen LogP contribution in [0, 0.1) is 6.92 Å². The van der Waals surface area contributed by atoms with E-state index >= 15 is 0 Å². The van der Waals surface area contributed by atoms with Crippen LogP contribution < -0.4 is 0 Å². The second-order valence-corrected chi connectivity index (χ2v) is 5.56. The molecule has 0 fully saturated rings. The van der Waals surface area contributed by atoms with Crippen molar-refractivity contribution in [2.45, 2.75) is 13.5 Å². The van der Waals surface area contributed by atoms with Gasteiger partial charge in [-0.05, 0) is 36.2 Å². The fourth-order valence-corrected chi connectivity index (χ4v) is 2.59. The highest BCUT2D eigenvalue weighted by Gasteiger charge is 2.17. The number of benzene rings is 2. The third-order valence-corrected chi connectivity index (χ3v) is 3.90. The molecular weight excluding hydrogens is 286 g/mol. The maximum absolute atomic E-state index is 12.9. The van der Waals surface area contributed by atoms with Crippen molar-refractivity contribution in [1.29, 1.82) is 0 Å². The number of para-hydroxylation sites is 1. The molecule has 0 atom stereocenters. The van der Waals surface area contributed by atoms with Crippen LogP contribution in [0.4, 0.5) is 0 Å². The van der Waals surface area contributed by atoms with Crippen LogP contribution in [0.5, 0.6) is 0 Å². The molecule has 23 heavy (non-hydrogen) atoms. The molecule has 3 rings (SSSR count). The van der Waals surface area contributed by atoms with E-state index in [0.717, 1.165) is 11.3 Å². The van der Waals surface area contributed by atoms with Gasteiger partial charge in [-0.25, -0.2) is 4.68 Å². The highest BCUT2D eigenvalue weighted by molar-refractivity contribution is 5.97. The molecule has 2 aromatic carbocycles. The molecule has 4 heteroatoms. The molecule has 0 spiro atoms. The predicted molar refractivity (Wildman–Crippen MR) is 90.5 cm³/mol. The number of nitrogens with zero attached hydrogens (tertiary/aromatic N) is 3. The van der Waals surface area contributed by atoms with E-state index in [9.17, 15) is 4.79 Å². The van der Waals surface area contributed by atoms with Crippen molar-refractivity contribution in [3.63, 3.8) is 0 Å². The second kappa shape index (κ2) is 6.48. The van der Waals surface area contributed by atoms with Crippen LogP contribution >= 0.6 is 0 Å². The molecule has 4 nitrogen and oxygen atoms in total. The summed E-state index contributed by atoms with van der Waals surface area (Å²) in [7, 11) is 1.83. The zero-order valence-corrected chi connectivity index (χ0v) is 13.3. The largest absolute Gasteiger partial charge is 0.337 e. The van der Waals surface area contributed by atoms with Gasteiger partial charge in [0.25, 0.3) is 5.91 Å². The molecule has 0 saturated heterocycles. The number of aromatic nitrogens is 2. The molecule has 0 saturated carbocycles. The monoisotopic (exact) mass is 305 g/mol. The van der Waals surface area contributed by atoms with Gasteiger partial charge in [0, 0.05) is 26.0 Å². The smallest absolute Gasteiger partial charge is 0.256 e. The minimum atomic E-state index is -0.0145. The Hall–Kier alpha value is -2.88. The first kappa shape index (κ1) is 15.0. The highest BCUT2D eigenvalue weighted by Crippen LogP contribution is 2.17. The molecule has 3 aromatic rings. The summed E-state index contributed by atoms with van der Waals surface area (Å²) in [6.45, 7) is 2.64. The molecule has 116 valence electrons. The fraction of sp³-hybridized carbons (Fsp3) is 0.158. The number of hydrogen-bond acceptors (Lipinski definition) is 2. The Morgan fingerprint density at radius 3 is 2.57 bits per heavy atom. The lowest BCUT2D eigenvalue weighted by Gasteiger charge is -2.20. The minimum absolute atomic E-state index is 0.0145. The van der Waals surface area contributed by atoms with Crippen LogP contribution in [0.2, 0.25) is 0 Å². The summed E-state index contributed by atoms with van der Waals surface area (Å²) >= 11 is 0. The number of carbonyl (C=O) groups is 1. The Labute approximate surface area is 136 Å². The van der Waals surface area contributed by atoms with Crippen molar-refractivity contribution in [3.05, 3.63) is 83.7 Å². The molecule has 1 aromatic heterocycles. The maximum Gasteiger partial charge on any atom is 0.256 e. The Bertz CT molecular complexity index is 809. The van der Waals surface area contributed by atoms with Crippen molar-refractivity contribution in [2.75, 3.05) is 7.05 Å². The quantitative estimate of drug-likeness (QED) is 0.740. The summed E-state index contributed by atoms with van der Waals surface area (Å²) in [5.41, 5.74) is 3.78. The summed E-state index contributed by atoms with van der Waals surface area (Å²) in [5.74, 6) is -0.0145. The van der Waals surface area contributed by atoms with Crippen LogP contribution in [0.1, 0.15) is 21.5 Å². The summed E-state index contributed by atoms with van der Waals surface area (Å²) in [6, 6.07) is 17.5. The minimum Gasteiger partial charge on any atom is -0.337 e. The third-order valence-electron chi connectivity index (χ3n) is 3.90. The molecule has 0 aliphatic rings. The standard InChI is InChI=1S/C19H19N3O/c1-15-8-3-4-9-16(15)14-21(2)19(23)17-10-5-6-11-18(17)22-13-7-12-20-22/h3-13H,14H2,1-2H3. The highest BCUT2D eigenvalue weighted by atomic mass is 16.2. The van der Waals surface area contributed by atoms with E-state index in [1.54, 1.807) is 15.8 Å². The van der Waals surface area contributed by atoms with E-state index in [2.05, 4.69) is 24.2 Å². The maximum atomic E-state index is 12.9. The summed E-state index contributed by atoms with van der Waals surface area (Å²) in [5, 5.41) is 4.23. The van der Waals surface area contributed by atoms with Crippen LogP contribution in [0.15, 0.2) is 67.0 Å². The first-order valence-electron chi connectivity index (χ1n) is 7.56. The zero-order chi connectivity index (χ0) is 16.2. The summed E-state index contributed by atoms with van der Waals surface area (Å²) < 4.78 is 1.72. The van der Waals surface area contributed by atoms with Gasteiger partial charge in [0.1, 0.15) is 0 Å². The Morgan fingerprint density at radius 2 is 1.83 bits per heavy atom.